The smallest absolute Gasteiger partial charge is 0.104 e. The molecule has 0 aliphatic heterocycles. The molecule has 2 nitrogen and oxygen atoms in total. The lowest BCUT2D eigenvalue weighted by Crippen LogP contribution is -2.20. The maximum Gasteiger partial charge on any atom is 0.104 e. The number of aliphatic hydroxyl groups excluding tert-OH is 1. The van der Waals surface area contributed by atoms with Crippen LogP contribution in [0.3, 0.4) is 0 Å². The first kappa shape index (κ1) is 14.1. The van der Waals surface area contributed by atoms with Gasteiger partial charge in [0.15, 0.2) is 0 Å². The van der Waals surface area contributed by atoms with Gasteiger partial charge in [-0.25, -0.2) is 0 Å². The molecule has 0 aliphatic rings. The van der Waals surface area contributed by atoms with Crippen LogP contribution in [-0.2, 0) is 6.54 Å². The summed E-state index contributed by atoms with van der Waals surface area (Å²) >= 11 is 1.87. The van der Waals surface area contributed by atoms with Crippen molar-refractivity contribution >= 4 is 11.8 Å². The van der Waals surface area contributed by atoms with Crippen molar-refractivity contribution in [3.63, 3.8) is 0 Å². The number of nitrogens with zero attached hydrogens (tertiary/aromatic N) is 1. The maximum absolute atomic E-state index is 8.60. The van der Waals surface area contributed by atoms with Crippen LogP contribution < -0.4 is 0 Å². The number of benzene rings is 1. The van der Waals surface area contributed by atoms with Gasteiger partial charge >= 0.3 is 0 Å². The van der Waals surface area contributed by atoms with Crippen molar-refractivity contribution in [3.8, 4) is 11.8 Å². The Morgan fingerprint density at radius 1 is 1.29 bits per heavy atom. The molecule has 0 fully saturated rings. The molecule has 1 aromatic carbocycles. The first-order chi connectivity index (χ1) is 8.26. The highest BCUT2D eigenvalue weighted by molar-refractivity contribution is 7.98. The summed E-state index contributed by atoms with van der Waals surface area (Å²) in [6.45, 7) is 1.99. The van der Waals surface area contributed by atoms with Crippen LogP contribution >= 0.6 is 11.8 Å². The molecule has 0 heterocycles. The monoisotopic (exact) mass is 249 g/mol. The second-order valence-electron chi connectivity index (χ2n) is 3.89. The quantitative estimate of drug-likeness (QED) is 0.805. The summed E-state index contributed by atoms with van der Waals surface area (Å²) in [5.41, 5.74) is 2.25. The van der Waals surface area contributed by atoms with Crippen LogP contribution in [0.25, 0.3) is 0 Å². The molecule has 0 amide bonds. The molecule has 0 saturated heterocycles. The SMILES string of the molecule is CSCCN(C)Cc1ccc(C#CCO)cc1. The Balaban J connectivity index is 2.50. The first-order valence-corrected chi connectivity index (χ1v) is 7.02. The summed E-state index contributed by atoms with van der Waals surface area (Å²) in [6, 6.07) is 8.19. The Bertz CT molecular complexity index is 377. The second-order valence-corrected chi connectivity index (χ2v) is 4.87. The standard InChI is InChI=1S/C14H19NOS/c1-15(9-11-17-2)12-14-7-5-13(6-8-14)4-3-10-16/h5-8,16H,9-12H2,1-2H3. The Morgan fingerprint density at radius 2 is 2.00 bits per heavy atom. The van der Waals surface area contributed by atoms with Gasteiger partial charge in [-0.2, -0.15) is 11.8 Å². The van der Waals surface area contributed by atoms with Crippen LogP contribution in [0.2, 0.25) is 0 Å². The summed E-state index contributed by atoms with van der Waals surface area (Å²) < 4.78 is 0. The minimum absolute atomic E-state index is 0.0842. The molecule has 0 radical (unpaired) electrons. The summed E-state index contributed by atoms with van der Waals surface area (Å²) in [5, 5.41) is 8.60. The molecular weight excluding hydrogens is 230 g/mol. The summed E-state index contributed by atoms with van der Waals surface area (Å²) in [4.78, 5) is 2.31. The van der Waals surface area contributed by atoms with E-state index >= 15 is 0 Å². The summed E-state index contributed by atoms with van der Waals surface area (Å²) in [5.74, 6) is 6.70. The highest BCUT2D eigenvalue weighted by Crippen LogP contribution is 2.06. The van der Waals surface area contributed by atoms with E-state index in [0.29, 0.717) is 0 Å². The molecule has 3 heteroatoms. The average Bonchev–Trinajstić information content (AvgIpc) is 2.35. The van der Waals surface area contributed by atoms with E-state index in [1.54, 1.807) is 0 Å². The zero-order valence-corrected chi connectivity index (χ0v) is 11.3. The highest BCUT2D eigenvalue weighted by atomic mass is 32.2. The predicted octanol–water partition coefficient (Wildman–Crippen LogP) is 1.83. The van der Waals surface area contributed by atoms with E-state index in [2.05, 4.69) is 42.2 Å². The molecule has 0 aromatic heterocycles. The van der Waals surface area contributed by atoms with Crippen molar-refractivity contribution < 1.29 is 5.11 Å². The van der Waals surface area contributed by atoms with Gasteiger partial charge in [0.05, 0.1) is 0 Å². The van der Waals surface area contributed by atoms with Gasteiger partial charge in [0.1, 0.15) is 6.61 Å². The summed E-state index contributed by atoms with van der Waals surface area (Å²) in [6.07, 6.45) is 2.13. The van der Waals surface area contributed by atoms with Gasteiger partial charge in [0, 0.05) is 24.4 Å². The number of thioether (sulfide) groups is 1. The molecule has 0 unspecified atom stereocenters. The van der Waals surface area contributed by atoms with Crippen molar-refractivity contribution in [1.82, 2.24) is 4.90 Å². The third kappa shape index (κ3) is 5.78. The molecule has 0 aliphatic carbocycles. The van der Waals surface area contributed by atoms with Crippen LogP contribution in [0.15, 0.2) is 24.3 Å². The van der Waals surface area contributed by atoms with Crippen molar-refractivity contribution in [2.45, 2.75) is 6.54 Å². The van der Waals surface area contributed by atoms with Crippen LogP contribution in [-0.4, -0.2) is 42.2 Å². The third-order valence-electron chi connectivity index (χ3n) is 2.40. The molecule has 0 spiro atoms. The fourth-order valence-corrected chi connectivity index (χ4v) is 1.97. The highest BCUT2D eigenvalue weighted by Gasteiger charge is 1.99. The predicted molar refractivity (Wildman–Crippen MR) is 75.1 cm³/mol. The van der Waals surface area contributed by atoms with Crippen LogP contribution in [0, 0.1) is 11.8 Å². The molecule has 0 atom stereocenters. The van der Waals surface area contributed by atoms with E-state index in [0.717, 1.165) is 24.4 Å². The van der Waals surface area contributed by atoms with Crippen LogP contribution in [0.5, 0.6) is 0 Å². The summed E-state index contributed by atoms with van der Waals surface area (Å²) in [7, 11) is 2.13. The van der Waals surface area contributed by atoms with Gasteiger partial charge in [-0.1, -0.05) is 24.0 Å². The van der Waals surface area contributed by atoms with Gasteiger partial charge in [-0.05, 0) is 31.0 Å². The van der Waals surface area contributed by atoms with E-state index in [1.165, 1.54) is 5.56 Å². The van der Waals surface area contributed by atoms with Gasteiger partial charge in [0.25, 0.3) is 0 Å². The lowest BCUT2D eigenvalue weighted by Gasteiger charge is -2.15. The Kier molecular flexibility index (Phi) is 6.80. The third-order valence-corrected chi connectivity index (χ3v) is 2.99. The fourth-order valence-electron chi connectivity index (χ4n) is 1.47. The Labute approximate surface area is 108 Å². The zero-order chi connectivity index (χ0) is 12.5. The van der Waals surface area contributed by atoms with E-state index < -0.39 is 0 Å². The lowest BCUT2D eigenvalue weighted by molar-refractivity contribution is 0.349. The molecule has 1 aromatic rings. The minimum Gasteiger partial charge on any atom is -0.384 e. The molecule has 17 heavy (non-hydrogen) atoms. The van der Waals surface area contributed by atoms with Gasteiger partial charge < -0.3 is 10.0 Å². The Morgan fingerprint density at radius 3 is 2.59 bits per heavy atom. The number of aliphatic hydroxyl groups is 1. The van der Waals surface area contributed by atoms with Crippen molar-refractivity contribution in [1.29, 1.82) is 0 Å². The normalized spacial score (nSPS) is 10.1. The molecule has 0 bridgehead atoms. The zero-order valence-electron chi connectivity index (χ0n) is 10.4. The minimum atomic E-state index is -0.0842. The van der Waals surface area contributed by atoms with Crippen LogP contribution in [0.4, 0.5) is 0 Å². The van der Waals surface area contributed by atoms with E-state index in [9.17, 15) is 0 Å². The molecule has 1 rings (SSSR count). The Hall–Kier alpha value is -0.950. The second kappa shape index (κ2) is 8.19. The van der Waals surface area contributed by atoms with E-state index in [4.69, 9.17) is 5.11 Å². The lowest BCUT2D eigenvalue weighted by atomic mass is 10.1. The fraction of sp³-hybridized carbons (Fsp3) is 0.429. The van der Waals surface area contributed by atoms with E-state index in [-0.39, 0.29) is 6.61 Å². The van der Waals surface area contributed by atoms with Crippen molar-refractivity contribution in [2.24, 2.45) is 0 Å². The van der Waals surface area contributed by atoms with Crippen LogP contribution in [0.1, 0.15) is 11.1 Å². The van der Waals surface area contributed by atoms with Crippen molar-refractivity contribution in [3.05, 3.63) is 35.4 Å². The maximum atomic E-state index is 8.60. The molecule has 1 N–H and O–H groups in total. The molecular formula is C14H19NOS. The average molecular weight is 249 g/mol. The van der Waals surface area contributed by atoms with Gasteiger partial charge in [-0.15, -0.1) is 0 Å². The largest absolute Gasteiger partial charge is 0.384 e. The number of rotatable bonds is 5. The van der Waals surface area contributed by atoms with E-state index in [1.807, 2.05) is 23.9 Å². The van der Waals surface area contributed by atoms with Crippen molar-refractivity contribution in [2.75, 3.05) is 32.2 Å². The number of hydrogen-bond donors (Lipinski definition) is 1. The van der Waals surface area contributed by atoms with Gasteiger partial charge in [0.2, 0.25) is 0 Å². The topological polar surface area (TPSA) is 23.5 Å². The van der Waals surface area contributed by atoms with Gasteiger partial charge in [-0.3, -0.25) is 0 Å². The molecule has 0 saturated carbocycles. The number of hydrogen-bond acceptors (Lipinski definition) is 3. The first-order valence-electron chi connectivity index (χ1n) is 5.62. The molecule has 92 valence electrons.